The van der Waals surface area contributed by atoms with Crippen LogP contribution in [0.5, 0.6) is 0 Å². The molecule has 0 aliphatic heterocycles. The lowest BCUT2D eigenvalue weighted by Crippen LogP contribution is -1.99. The van der Waals surface area contributed by atoms with Gasteiger partial charge in [0.1, 0.15) is 0 Å². The number of para-hydroxylation sites is 1. The second-order valence-electron chi connectivity index (χ2n) is 2.92. The van der Waals surface area contributed by atoms with Gasteiger partial charge in [0.15, 0.2) is 9.84 Å². The molecule has 0 fully saturated rings. The zero-order valence-electron chi connectivity index (χ0n) is 7.27. The lowest BCUT2D eigenvalue weighted by atomic mass is 10.3. The molecule has 1 N–H and O–H groups in total. The predicted octanol–water partition coefficient (Wildman–Crippen LogP) is 0.993. The number of hydrogen-bond acceptors (Lipinski definition) is 4. The average Bonchev–Trinajstić information content (AvgIpc) is 2.41. The second-order valence-corrected chi connectivity index (χ2v) is 5.91. The number of aromatic amines is 1. The number of thiazole rings is 1. The van der Waals surface area contributed by atoms with Crippen LogP contribution in [-0.4, -0.2) is 19.7 Å². The molecule has 0 saturated carbocycles. The molecule has 0 atom stereocenters. The Morgan fingerprint density at radius 3 is 2.71 bits per heavy atom. The van der Waals surface area contributed by atoms with Gasteiger partial charge in [-0.2, -0.15) is 0 Å². The summed E-state index contributed by atoms with van der Waals surface area (Å²) in [6.45, 7) is 0. The van der Waals surface area contributed by atoms with Crippen LogP contribution in [0.4, 0.5) is 0 Å². The Kier molecular flexibility index (Phi) is 1.97. The van der Waals surface area contributed by atoms with Gasteiger partial charge in [-0.05, 0) is 12.1 Å². The van der Waals surface area contributed by atoms with Gasteiger partial charge >= 0.3 is 4.87 Å². The van der Waals surface area contributed by atoms with Crippen LogP contribution in [0.1, 0.15) is 0 Å². The number of hydrogen-bond donors (Lipinski definition) is 1. The van der Waals surface area contributed by atoms with Crippen molar-refractivity contribution in [2.24, 2.45) is 0 Å². The number of sulfone groups is 1. The van der Waals surface area contributed by atoms with Crippen LogP contribution >= 0.6 is 11.3 Å². The molecular weight excluding hydrogens is 222 g/mol. The number of aromatic nitrogens is 1. The molecule has 0 aliphatic rings. The highest BCUT2D eigenvalue weighted by Crippen LogP contribution is 2.22. The summed E-state index contributed by atoms with van der Waals surface area (Å²) in [6.07, 6.45) is 1.12. The third-order valence-electron chi connectivity index (χ3n) is 1.82. The zero-order valence-corrected chi connectivity index (χ0v) is 8.91. The van der Waals surface area contributed by atoms with E-state index in [4.69, 9.17) is 0 Å². The molecule has 0 radical (unpaired) electrons. The van der Waals surface area contributed by atoms with E-state index < -0.39 is 9.84 Å². The molecule has 1 heterocycles. The summed E-state index contributed by atoms with van der Waals surface area (Å²) in [5.41, 5.74) is 0.407. The molecule has 0 bridgehead atoms. The smallest absolute Gasteiger partial charge is 0.305 e. The van der Waals surface area contributed by atoms with Crippen LogP contribution in [0.25, 0.3) is 10.2 Å². The lowest BCUT2D eigenvalue weighted by molar-refractivity contribution is 0.602. The van der Waals surface area contributed by atoms with Crippen LogP contribution in [0.2, 0.25) is 0 Å². The Bertz CT molecular complexity index is 636. The molecule has 6 heteroatoms. The molecule has 0 unspecified atom stereocenters. The summed E-state index contributed by atoms with van der Waals surface area (Å²) in [4.78, 5) is 13.5. The van der Waals surface area contributed by atoms with Gasteiger partial charge in [0.2, 0.25) is 0 Å². The number of fused-ring (bicyclic) bond motifs is 1. The highest BCUT2D eigenvalue weighted by atomic mass is 32.2. The molecule has 14 heavy (non-hydrogen) atoms. The molecule has 0 spiro atoms. The molecule has 0 aliphatic carbocycles. The summed E-state index contributed by atoms with van der Waals surface area (Å²) < 4.78 is 23.3. The van der Waals surface area contributed by atoms with E-state index in [1.54, 1.807) is 12.1 Å². The molecule has 4 nitrogen and oxygen atoms in total. The van der Waals surface area contributed by atoms with Gasteiger partial charge in [0, 0.05) is 6.26 Å². The van der Waals surface area contributed by atoms with Gasteiger partial charge in [0.25, 0.3) is 0 Å². The summed E-state index contributed by atoms with van der Waals surface area (Å²) in [7, 11) is -3.28. The van der Waals surface area contributed by atoms with E-state index in [0.717, 1.165) is 17.6 Å². The van der Waals surface area contributed by atoms with E-state index >= 15 is 0 Å². The summed E-state index contributed by atoms with van der Waals surface area (Å²) in [5, 5.41) is 0. The van der Waals surface area contributed by atoms with Crippen molar-refractivity contribution in [3.8, 4) is 0 Å². The first-order valence-corrected chi connectivity index (χ1v) is 6.51. The first kappa shape index (κ1) is 9.42. The first-order valence-electron chi connectivity index (χ1n) is 3.80. The Morgan fingerprint density at radius 2 is 2.07 bits per heavy atom. The van der Waals surface area contributed by atoms with Gasteiger partial charge in [0.05, 0.1) is 15.1 Å². The molecule has 0 amide bonds. The number of benzene rings is 1. The van der Waals surface area contributed by atoms with E-state index in [1.165, 1.54) is 6.07 Å². The van der Waals surface area contributed by atoms with E-state index in [1.807, 2.05) is 0 Å². The maximum Gasteiger partial charge on any atom is 0.305 e. The first-order chi connectivity index (χ1) is 6.48. The van der Waals surface area contributed by atoms with Crippen LogP contribution < -0.4 is 4.87 Å². The number of H-pyrrole nitrogens is 1. The van der Waals surface area contributed by atoms with Crippen LogP contribution in [-0.2, 0) is 9.84 Å². The fourth-order valence-corrected chi connectivity index (χ4v) is 2.94. The summed E-state index contributed by atoms with van der Waals surface area (Å²) >= 11 is 1.01. The third kappa shape index (κ3) is 1.46. The third-order valence-corrected chi connectivity index (χ3v) is 3.80. The van der Waals surface area contributed by atoms with Crippen molar-refractivity contribution in [1.82, 2.24) is 4.98 Å². The minimum atomic E-state index is -3.28. The van der Waals surface area contributed by atoms with Gasteiger partial charge in [-0.25, -0.2) is 8.42 Å². The fourth-order valence-electron chi connectivity index (χ4n) is 1.26. The van der Waals surface area contributed by atoms with Crippen LogP contribution in [0, 0.1) is 0 Å². The van der Waals surface area contributed by atoms with Crippen molar-refractivity contribution in [2.45, 2.75) is 4.90 Å². The number of nitrogens with one attached hydrogen (secondary N) is 1. The molecule has 1 aromatic carbocycles. The molecule has 2 aromatic rings. The predicted molar refractivity (Wildman–Crippen MR) is 55.6 cm³/mol. The summed E-state index contributed by atoms with van der Waals surface area (Å²) in [5.74, 6) is 0. The minimum Gasteiger partial charge on any atom is -0.311 e. The quantitative estimate of drug-likeness (QED) is 0.793. The molecule has 74 valence electrons. The normalized spacial score (nSPS) is 12.1. The lowest BCUT2D eigenvalue weighted by Gasteiger charge is -1.98. The van der Waals surface area contributed by atoms with Crippen molar-refractivity contribution < 1.29 is 8.42 Å². The van der Waals surface area contributed by atoms with Crippen molar-refractivity contribution in [3.05, 3.63) is 27.9 Å². The maximum atomic E-state index is 11.3. The van der Waals surface area contributed by atoms with Gasteiger partial charge in [-0.1, -0.05) is 17.4 Å². The van der Waals surface area contributed by atoms with Crippen molar-refractivity contribution in [2.75, 3.05) is 6.26 Å². The average molecular weight is 229 g/mol. The topological polar surface area (TPSA) is 67.0 Å². The SMILES string of the molecule is CS(=O)(=O)c1cccc2sc(=O)[nH]c12. The highest BCUT2D eigenvalue weighted by molar-refractivity contribution is 7.91. The second kappa shape index (κ2) is 2.93. The zero-order chi connectivity index (χ0) is 10.3. The van der Waals surface area contributed by atoms with Crippen molar-refractivity contribution in [3.63, 3.8) is 0 Å². The Labute approximate surface area is 84.1 Å². The van der Waals surface area contributed by atoms with E-state index in [0.29, 0.717) is 10.2 Å². The van der Waals surface area contributed by atoms with E-state index in [-0.39, 0.29) is 9.77 Å². The highest BCUT2D eigenvalue weighted by Gasteiger charge is 2.13. The van der Waals surface area contributed by atoms with Crippen molar-refractivity contribution >= 4 is 31.4 Å². The standard InChI is InChI=1S/C8H7NO3S2/c1-14(11,12)6-4-2-3-5-7(6)9-8(10)13-5/h2-4H,1H3,(H,9,10). The monoisotopic (exact) mass is 229 g/mol. The van der Waals surface area contributed by atoms with Gasteiger partial charge in [-0.15, -0.1) is 0 Å². The minimum absolute atomic E-state index is 0.174. The van der Waals surface area contributed by atoms with Gasteiger partial charge < -0.3 is 4.98 Å². The van der Waals surface area contributed by atoms with Crippen LogP contribution in [0.3, 0.4) is 0 Å². The molecule has 1 aromatic heterocycles. The number of rotatable bonds is 1. The van der Waals surface area contributed by atoms with Crippen molar-refractivity contribution in [1.29, 1.82) is 0 Å². The van der Waals surface area contributed by atoms with E-state index in [2.05, 4.69) is 4.98 Å². The molecule has 2 rings (SSSR count). The Balaban J connectivity index is 2.98. The van der Waals surface area contributed by atoms with Gasteiger partial charge in [-0.3, -0.25) is 4.79 Å². The Hall–Kier alpha value is -1.14. The fraction of sp³-hybridized carbons (Fsp3) is 0.125. The van der Waals surface area contributed by atoms with Crippen LogP contribution in [0.15, 0.2) is 27.9 Å². The van der Waals surface area contributed by atoms with E-state index in [9.17, 15) is 13.2 Å². The Morgan fingerprint density at radius 1 is 1.36 bits per heavy atom. The largest absolute Gasteiger partial charge is 0.311 e. The maximum absolute atomic E-state index is 11.3. The molecule has 0 saturated heterocycles. The summed E-state index contributed by atoms with van der Waals surface area (Å²) in [6, 6.07) is 4.83. The molecular formula is C8H7NO3S2.